The van der Waals surface area contributed by atoms with Gasteiger partial charge < -0.3 is 24.4 Å². The van der Waals surface area contributed by atoms with Crippen LogP contribution in [-0.4, -0.2) is 49.6 Å². The minimum atomic E-state index is -0.113. The van der Waals surface area contributed by atoms with Gasteiger partial charge in [0.05, 0.1) is 19.8 Å². The molecule has 2 aromatic rings. The molecule has 0 unspecified atom stereocenters. The molecular weight excluding hydrogens is 408 g/mol. The lowest BCUT2D eigenvalue weighted by atomic mass is 9.95. The highest BCUT2D eigenvalue weighted by Crippen LogP contribution is 2.39. The number of carbonyl (C=O) groups is 2. The Morgan fingerprint density at radius 2 is 1.47 bits per heavy atom. The molecule has 0 aliphatic carbocycles. The number of para-hydroxylation sites is 1. The molecule has 0 bridgehead atoms. The monoisotopic (exact) mass is 440 g/mol. The number of nitrogens with one attached hydrogen (secondary N) is 1. The highest BCUT2D eigenvalue weighted by molar-refractivity contribution is 5.96. The molecule has 1 saturated heterocycles. The van der Waals surface area contributed by atoms with Gasteiger partial charge in [-0.2, -0.15) is 0 Å². The van der Waals surface area contributed by atoms with E-state index in [1.165, 1.54) is 0 Å². The predicted molar refractivity (Wildman–Crippen MR) is 124 cm³/mol. The first-order chi connectivity index (χ1) is 15.6. The molecule has 0 aromatic heterocycles. The van der Waals surface area contributed by atoms with Gasteiger partial charge in [-0.15, -0.1) is 0 Å². The van der Waals surface area contributed by atoms with Gasteiger partial charge in [0.2, 0.25) is 11.7 Å². The fraction of sp³-hybridized carbons (Fsp3) is 0.440. The first kappa shape index (κ1) is 23.4. The van der Waals surface area contributed by atoms with Crippen LogP contribution in [0.3, 0.4) is 0 Å². The van der Waals surface area contributed by atoms with E-state index in [1.54, 1.807) is 17.0 Å². The standard InChI is InChI=1S/C25H32N2O5/c1-4-30-21-16-19(17-22(31-5-2)23(21)32-6-3)25(29)27-14-12-18(13-15-27)24(28)26-20-10-8-7-9-11-20/h7-11,16-18H,4-6,12-15H2,1-3H3,(H,26,28). The number of nitrogens with zero attached hydrogens (tertiary/aromatic N) is 1. The average molecular weight is 441 g/mol. The van der Waals surface area contributed by atoms with E-state index in [4.69, 9.17) is 14.2 Å². The van der Waals surface area contributed by atoms with E-state index >= 15 is 0 Å². The van der Waals surface area contributed by atoms with Crippen molar-refractivity contribution in [3.63, 3.8) is 0 Å². The van der Waals surface area contributed by atoms with E-state index in [0.717, 1.165) is 5.69 Å². The number of hydrogen-bond donors (Lipinski definition) is 1. The van der Waals surface area contributed by atoms with Crippen LogP contribution in [0, 0.1) is 5.92 Å². The zero-order valence-corrected chi connectivity index (χ0v) is 19.1. The smallest absolute Gasteiger partial charge is 0.254 e. The minimum absolute atomic E-state index is 0.00151. The van der Waals surface area contributed by atoms with Crippen LogP contribution in [0.25, 0.3) is 0 Å². The average Bonchev–Trinajstić information content (AvgIpc) is 2.81. The van der Waals surface area contributed by atoms with Gasteiger partial charge in [-0.1, -0.05) is 18.2 Å². The second-order valence-electron chi connectivity index (χ2n) is 7.52. The van der Waals surface area contributed by atoms with Crippen molar-refractivity contribution < 1.29 is 23.8 Å². The third-order valence-electron chi connectivity index (χ3n) is 5.35. The van der Waals surface area contributed by atoms with E-state index in [1.807, 2.05) is 51.1 Å². The number of carbonyl (C=O) groups excluding carboxylic acids is 2. The van der Waals surface area contributed by atoms with E-state index in [-0.39, 0.29) is 17.7 Å². The summed E-state index contributed by atoms with van der Waals surface area (Å²) < 4.78 is 17.2. The predicted octanol–water partition coefficient (Wildman–Crippen LogP) is 4.37. The maximum atomic E-state index is 13.2. The Hall–Kier alpha value is -3.22. The van der Waals surface area contributed by atoms with Crippen molar-refractivity contribution in [3.8, 4) is 17.2 Å². The molecule has 0 atom stereocenters. The third-order valence-corrected chi connectivity index (χ3v) is 5.35. The Kier molecular flexibility index (Phi) is 8.36. The van der Waals surface area contributed by atoms with Gasteiger partial charge in [0, 0.05) is 30.3 Å². The Morgan fingerprint density at radius 1 is 0.906 bits per heavy atom. The Morgan fingerprint density at radius 3 is 2.00 bits per heavy atom. The quantitative estimate of drug-likeness (QED) is 0.626. The Balaban J connectivity index is 1.69. The second kappa shape index (κ2) is 11.4. The summed E-state index contributed by atoms with van der Waals surface area (Å²) in [5.74, 6) is 1.31. The van der Waals surface area contributed by atoms with Crippen molar-refractivity contribution in [1.82, 2.24) is 4.90 Å². The summed E-state index contributed by atoms with van der Waals surface area (Å²) in [6.45, 7) is 8.07. The van der Waals surface area contributed by atoms with Crippen LogP contribution >= 0.6 is 0 Å². The molecule has 2 aromatic carbocycles. The number of hydrogen-bond acceptors (Lipinski definition) is 5. The number of benzene rings is 2. The van der Waals surface area contributed by atoms with Crippen molar-refractivity contribution in [1.29, 1.82) is 0 Å². The number of anilines is 1. The van der Waals surface area contributed by atoms with Crippen LogP contribution in [0.2, 0.25) is 0 Å². The first-order valence-corrected chi connectivity index (χ1v) is 11.3. The van der Waals surface area contributed by atoms with Crippen molar-refractivity contribution >= 4 is 17.5 Å². The van der Waals surface area contributed by atoms with Crippen molar-refractivity contribution in [2.45, 2.75) is 33.6 Å². The van der Waals surface area contributed by atoms with Crippen LogP contribution in [0.4, 0.5) is 5.69 Å². The van der Waals surface area contributed by atoms with Gasteiger partial charge in [0.15, 0.2) is 11.5 Å². The molecule has 1 aliphatic heterocycles. The molecule has 1 aliphatic rings. The fourth-order valence-electron chi connectivity index (χ4n) is 3.81. The summed E-state index contributed by atoms with van der Waals surface area (Å²) >= 11 is 0. The number of likely N-dealkylation sites (tertiary alicyclic amines) is 1. The van der Waals surface area contributed by atoms with Crippen molar-refractivity contribution in [3.05, 3.63) is 48.0 Å². The largest absolute Gasteiger partial charge is 0.490 e. The molecule has 1 heterocycles. The van der Waals surface area contributed by atoms with Gasteiger partial charge in [-0.3, -0.25) is 9.59 Å². The molecule has 1 N–H and O–H groups in total. The van der Waals surface area contributed by atoms with Gasteiger partial charge in [-0.05, 0) is 57.9 Å². The molecule has 1 fully saturated rings. The summed E-state index contributed by atoms with van der Waals surface area (Å²) in [5.41, 5.74) is 1.28. The number of rotatable bonds is 9. The molecule has 7 heteroatoms. The highest BCUT2D eigenvalue weighted by Gasteiger charge is 2.29. The van der Waals surface area contributed by atoms with Gasteiger partial charge in [-0.25, -0.2) is 0 Å². The molecule has 0 saturated carbocycles. The van der Waals surface area contributed by atoms with Gasteiger partial charge in [0.1, 0.15) is 0 Å². The third kappa shape index (κ3) is 5.72. The fourth-order valence-corrected chi connectivity index (χ4v) is 3.81. The summed E-state index contributed by atoms with van der Waals surface area (Å²) in [4.78, 5) is 27.6. The lowest BCUT2D eigenvalue weighted by molar-refractivity contribution is -0.121. The molecule has 32 heavy (non-hydrogen) atoms. The first-order valence-electron chi connectivity index (χ1n) is 11.3. The molecule has 7 nitrogen and oxygen atoms in total. The minimum Gasteiger partial charge on any atom is -0.490 e. The van der Waals surface area contributed by atoms with E-state index in [0.29, 0.717) is 68.6 Å². The molecular formula is C25H32N2O5. The molecule has 0 spiro atoms. The SMILES string of the molecule is CCOc1cc(C(=O)N2CCC(C(=O)Nc3ccccc3)CC2)cc(OCC)c1OCC. The van der Waals surface area contributed by atoms with E-state index in [9.17, 15) is 9.59 Å². The van der Waals surface area contributed by atoms with Gasteiger partial charge >= 0.3 is 0 Å². The maximum Gasteiger partial charge on any atom is 0.254 e. The Labute approximate surface area is 189 Å². The van der Waals surface area contributed by atoms with Crippen LogP contribution in [0.5, 0.6) is 17.2 Å². The number of ether oxygens (including phenoxy) is 3. The highest BCUT2D eigenvalue weighted by atomic mass is 16.5. The summed E-state index contributed by atoms with van der Waals surface area (Å²) in [6, 6.07) is 12.9. The summed E-state index contributed by atoms with van der Waals surface area (Å²) in [6.07, 6.45) is 1.25. The van der Waals surface area contributed by atoms with E-state index < -0.39 is 0 Å². The summed E-state index contributed by atoms with van der Waals surface area (Å²) in [7, 11) is 0. The number of piperidine rings is 1. The number of amides is 2. The molecule has 3 rings (SSSR count). The maximum absolute atomic E-state index is 13.2. The molecule has 2 amide bonds. The zero-order valence-electron chi connectivity index (χ0n) is 19.1. The van der Waals surface area contributed by atoms with E-state index in [2.05, 4.69) is 5.32 Å². The molecule has 172 valence electrons. The van der Waals surface area contributed by atoms with Gasteiger partial charge in [0.25, 0.3) is 5.91 Å². The lowest BCUT2D eigenvalue weighted by Crippen LogP contribution is -2.41. The normalized spacial score (nSPS) is 14.0. The molecule has 0 radical (unpaired) electrons. The Bertz CT molecular complexity index is 881. The van der Waals surface area contributed by atoms with Crippen LogP contribution in [-0.2, 0) is 4.79 Å². The summed E-state index contributed by atoms with van der Waals surface area (Å²) in [5, 5.41) is 2.96. The van der Waals surface area contributed by atoms with Crippen LogP contribution in [0.1, 0.15) is 44.0 Å². The van der Waals surface area contributed by atoms with Crippen LogP contribution < -0.4 is 19.5 Å². The van der Waals surface area contributed by atoms with Crippen molar-refractivity contribution in [2.75, 3.05) is 38.2 Å². The lowest BCUT2D eigenvalue weighted by Gasteiger charge is -2.31. The second-order valence-corrected chi connectivity index (χ2v) is 7.52. The van der Waals surface area contributed by atoms with Crippen molar-refractivity contribution in [2.24, 2.45) is 5.92 Å². The van der Waals surface area contributed by atoms with Crippen LogP contribution in [0.15, 0.2) is 42.5 Å². The topological polar surface area (TPSA) is 77.1 Å². The zero-order chi connectivity index (χ0) is 22.9.